The van der Waals surface area contributed by atoms with Crippen LogP contribution < -0.4 is 5.32 Å². The van der Waals surface area contributed by atoms with Crippen molar-refractivity contribution in [3.63, 3.8) is 0 Å². The lowest BCUT2D eigenvalue weighted by molar-refractivity contribution is 0.0939. The molecule has 0 saturated carbocycles. The van der Waals surface area contributed by atoms with Gasteiger partial charge in [0.05, 0.1) is 10.9 Å². The van der Waals surface area contributed by atoms with Crippen LogP contribution in [0.1, 0.15) is 48.3 Å². The molecule has 0 saturated heterocycles. The van der Waals surface area contributed by atoms with Gasteiger partial charge in [0.15, 0.2) is 0 Å². The van der Waals surface area contributed by atoms with Crippen molar-refractivity contribution in [2.45, 2.75) is 38.6 Å². The van der Waals surface area contributed by atoms with Gasteiger partial charge in [-0.3, -0.25) is 4.79 Å². The molecule has 0 aliphatic heterocycles. The Balaban J connectivity index is 2.25. The molecule has 1 unspecified atom stereocenters. The summed E-state index contributed by atoms with van der Waals surface area (Å²) in [6.45, 7) is 8.27. The van der Waals surface area contributed by atoms with Gasteiger partial charge in [-0.05, 0) is 43.2 Å². The van der Waals surface area contributed by atoms with E-state index in [1.807, 2.05) is 38.1 Å². The van der Waals surface area contributed by atoms with Crippen LogP contribution in [0.5, 0.6) is 0 Å². The van der Waals surface area contributed by atoms with Gasteiger partial charge in [-0.2, -0.15) is 4.31 Å². The van der Waals surface area contributed by atoms with Crippen LogP contribution in [0.2, 0.25) is 0 Å². The maximum Gasteiger partial charge on any atom is 0.251 e. The van der Waals surface area contributed by atoms with Crippen LogP contribution in [0.15, 0.2) is 53.4 Å². The van der Waals surface area contributed by atoms with Gasteiger partial charge < -0.3 is 5.32 Å². The lowest BCUT2D eigenvalue weighted by Gasteiger charge is -2.19. The molecule has 5 nitrogen and oxygen atoms in total. The Labute approximate surface area is 156 Å². The van der Waals surface area contributed by atoms with E-state index < -0.39 is 10.0 Å². The Hall–Kier alpha value is -2.18. The number of aryl methyl sites for hydroxylation is 1. The summed E-state index contributed by atoms with van der Waals surface area (Å²) in [6.07, 6.45) is 0. The number of amides is 1. The summed E-state index contributed by atoms with van der Waals surface area (Å²) in [6, 6.07) is 13.9. The van der Waals surface area contributed by atoms with Crippen molar-refractivity contribution in [3.8, 4) is 0 Å². The van der Waals surface area contributed by atoms with Crippen LogP contribution in [-0.2, 0) is 10.0 Å². The van der Waals surface area contributed by atoms with Gasteiger partial charge in [0.25, 0.3) is 5.91 Å². The normalized spacial score (nSPS) is 12.8. The molecule has 26 heavy (non-hydrogen) atoms. The maximum atomic E-state index is 12.7. The number of hydrogen-bond acceptors (Lipinski definition) is 3. The van der Waals surface area contributed by atoms with Crippen LogP contribution in [-0.4, -0.2) is 31.7 Å². The van der Waals surface area contributed by atoms with Gasteiger partial charge in [-0.25, -0.2) is 8.42 Å². The fourth-order valence-electron chi connectivity index (χ4n) is 2.94. The van der Waals surface area contributed by atoms with Crippen molar-refractivity contribution in [2.24, 2.45) is 0 Å². The summed E-state index contributed by atoms with van der Waals surface area (Å²) < 4.78 is 26.7. The van der Waals surface area contributed by atoms with Crippen molar-refractivity contribution < 1.29 is 13.2 Å². The standard InChI is InChI=1S/C20H26N2O3S/c1-5-22(6-2)26(24,25)18-12-9-11-17(14-18)20(23)21-16(4)19-13-8-7-10-15(19)3/h7-14,16H,5-6H2,1-4H3,(H,21,23). The molecule has 2 aromatic rings. The van der Waals surface area contributed by atoms with E-state index in [4.69, 9.17) is 0 Å². The number of rotatable bonds is 7. The molecule has 0 aliphatic rings. The zero-order valence-electron chi connectivity index (χ0n) is 15.7. The largest absolute Gasteiger partial charge is 0.346 e. The van der Waals surface area contributed by atoms with Crippen LogP contribution in [0.3, 0.4) is 0 Å². The zero-order chi connectivity index (χ0) is 19.3. The first kappa shape index (κ1) is 20.1. The third kappa shape index (κ3) is 4.31. The van der Waals surface area contributed by atoms with Gasteiger partial charge in [0.1, 0.15) is 0 Å². The van der Waals surface area contributed by atoms with E-state index in [0.29, 0.717) is 18.7 Å². The van der Waals surface area contributed by atoms with E-state index >= 15 is 0 Å². The van der Waals surface area contributed by atoms with Crippen LogP contribution >= 0.6 is 0 Å². The lowest BCUT2D eigenvalue weighted by Crippen LogP contribution is -2.31. The van der Waals surface area contributed by atoms with E-state index in [1.54, 1.807) is 26.0 Å². The fraction of sp³-hybridized carbons (Fsp3) is 0.350. The number of carbonyl (C=O) groups is 1. The van der Waals surface area contributed by atoms with Crippen LogP contribution in [0, 0.1) is 6.92 Å². The van der Waals surface area contributed by atoms with Gasteiger partial charge in [0, 0.05) is 18.7 Å². The molecule has 1 atom stereocenters. The second-order valence-electron chi connectivity index (χ2n) is 6.17. The highest BCUT2D eigenvalue weighted by Gasteiger charge is 2.23. The number of nitrogens with zero attached hydrogens (tertiary/aromatic N) is 1. The minimum atomic E-state index is -3.59. The molecule has 2 aromatic carbocycles. The molecule has 1 amide bonds. The summed E-state index contributed by atoms with van der Waals surface area (Å²) in [7, 11) is -3.59. The van der Waals surface area contributed by atoms with Crippen LogP contribution in [0.25, 0.3) is 0 Å². The van der Waals surface area contributed by atoms with Crippen molar-refractivity contribution >= 4 is 15.9 Å². The topological polar surface area (TPSA) is 66.5 Å². The number of hydrogen-bond donors (Lipinski definition) is 1. The van der Waals surface area contributed by atoms with Crippen molar-refractivity contribution in [3.05, 3.63) is 65.2 Å². The van der Waals surface area contributed by atoms with Crippen LogP contribution in [0.4, 0.5) is 0 Å². The molecule has 0 aromatic heterocycles. The van der Waals surface area contributed by atoms with Gasteiger partial charge in [-0.1, -0.05) is 44.2 Å². The Kier molecular flexibility index (Phi) is 6.56. The molecule has 6 heteroatoms. The number of sulfonamides is 1. The van der Waals surface area contributed by atoms with Gasteiger partial charge in [-0.15, -0.1) is 0 Å². The highest BCUT2D eigenvalue weighted by atomic mass is 32.2. The molecule has 0 radical (unpaired) electrons. The average Bonchev–Trinajstić information content (AvgIpc) is 2.63. The molecule has 2 rings (SSSR count). The number of benzene rings is 2. The van der Waals surface area contributed by atoms with E-state index in [-0.39, 0.29) is 16.8 Å². The second kappa shape index (κ2) is 8.47. The van der Waals surface area contributed by atoms with Crippen molar-refractivity contribution in [1.29, 1.82) is 0 Å². The minimum absolute atomic E-state index is 0.136. The molecule has 0 aliphatic carbocycles. The average molecular weight is 375 g/mol. The Morgan fingerprint density at radius 1 is 1.08 bits per heavy atom. The first-order chi connectivity index (χ1) is 12.3. The SMILES string of the molecule is CCN(CC)S(=O)(=O)c1cccc(C(=O)NC(C)c2ccccc2C)c1. The predicted molar refractivity (Wildman–Crippen MR) is 104 cm³/mol. The number of nitrogens with one attached hydrogen (secondary N) is 1. The van der Waals surface area contributed by atoms with Gasteiger partial charge in [0.2, 0.25) is 10.0 Å². The quantitative estimate of drug-likeness (QED) is 0.806. The summed E-state index contributed by atoms with van der Waals surface area (Å²) in [4.78, 5) is 12.7. The molecule has 0 fully saturated rings. The predicted octanol–water partition coefficient (Wildman–Crippen LogP) is 3.52. The van der Waals surface area contributed by atoms with Crippen molar-refractivity contribution in [1.82, 2.24) is 9.62 Å². The summed E-state index contributed by atoms with van der Waals surface area (Å²) in [5, 5.41) is 2.94. The first-order valence-corrected chi connectivity index (χ1v) is 10.2. The van der Waals surface area contributed by atoms with E-state index in [0.717, 1.165) is 11.1 Å². The molecular weight excluding hydrogens is 348 g/mol. The first-order valence-electron chi connectivity index (χ1n) is 8.77. The zero-order valence-corrected chi connectivity index (χ0v) is 16.5. The summed E-state index contributed by atoms with van der Waals surface area (Å²) >= 11 is 0. The highest BCUT2D eigenvalue weighted by Crippen LogP contribution is 2.19. The molecule has 1 N–H and O–H groups in total. The molecular formula is C20H26N2O3S. The smallest absolute Gasteiger partial charge is 0.251 e. The minimum Gasteiger partial charge on any atom is -0.346 e. The molecule has 0 spiro atoms. The summed E-state index contributed by atoms with van der Waals surface area (Å²) in [5.74, 6) is -0.294. The summed E-state index contributed by atoms with van der Waals surface area (Å²) in [5.41, 5.74) is 2.46. The van der Waals surface area contributed by atoms with E-state index in [9.17, 15) is 13.2 Å². The Morgan fingerprint density at radius 2 is 1.73 bits per heavy atom. The molecule has 140 valence electrons. The van der Waals surface area contributed by atoms with Crippen molar-refractivity contribution in [2.75, 3.05) is 13.1 Å². The number of carbonyl (C=O) groups excluding carboxylic acids is 1. The monoisotopic (exact) mass is 374 g/mol. The highest BCUT2D eigenvalue weighted by molar-refractivity contribution is 7.89. The van der Waals surface area contributed by atoms with E-state index in [2.05, 4.69) is 5.32 Å². The Bertz CT molecular complexity index is 874. The van der Waals surface area contributed by atoms with E-state index in [1.165, 1.54) is 16.4 Å². The Morgan fingerprint density at radius 3 is 2.35 bits per heavy atom. The third-order valence-electron chi connectivity index (χ3n) is 4.44. The lowest BCUT2D eigenvalue weighted by atomic mass is 10.0. The fourth-order valence-corrected chi connectivity index (χ4v) is 4.45. The molecule has 0 heterocycles. The maximum absolute atomic E-state index is 12.7. The molecule has 0 bridgehead atoms. The van der Waals surface area contributed by atoms with Gasteiger partial charge >= 0.3 is 0 Å². The third-order valence-corrected chi connectivity index (χ3v) is 6.49. The second-order valence-corrected chi connectivity index (χ2v) is 8.11.